The van der Waals surface area contributed by atoms with E-state index in [1.54, 1.807) is 0 Å². The minimum absolute atomic E-state index is 0.228. The number of nitrogens with one attached hydrogen (secondary N) is 1. The lowest BCUT2D eigenvalue weighted by atomic mass is 9.97. The van der Waals surface area contributed by atoms with Crippen LogP contribution in [0.2, 0.25) is 0 Å². The van der Waals surface area contributed by atoms with Crippen LogP contribution in [0.5, 0.6) is 0 Å². The molecular formula is C14H29N3O. The SMILES string of the molecule is CCN1CCC(CNCC(=O)N(CC)CC)CC1. The number of likely N-dealkylation sites (tertiary alicyclic amines) is 1. The van der Waals surface area contributed by atoms with Crippen molar-refractivity contribution in [2.75, 3.05) is 45.8 Å². The molecule has 1 amide bonds. The Bertz CT molecular complexity index is 233. The summed E-state index contributed by atoms with van der Waals surface area (Å²) in [6, 6.07) is 0. The zero-order chi connectivity index (χ0) is 13.4. The van der Waals surface area contributed by atoms with Crippen molar-refractivity contribution in [3.8, 4) is 0 Å². The number of amides is 1. The van der Waals surface area contributed by atoms with Crippen LogP contribution < -0.4 is 5.32 Å². The molecule has 4 heteroatoms. The maximum Gasteiger partial charge on any atom is 0.236 e. The first-order valence-corrected chi connectivity index (χ1v) is 7.42. The lowest BCUT2D eigenvalue weighted by Crippen LogP contribution is -2.41. The van der Waals surface area contributed by atoms with Gasteiger partial charge in [0.15, 0.2) is 0 Å². The number of rotatable bonds is 7. The molecule has 0 radical (unpaired) electrons. The molecule has 1 aliphatic heterocycles. The molecule has 1 saturated heterocycles. The Kier molecular flexibility index (Phi) is 7.28. The molecule has 106 valence electrons. The molecule has 0 aromatic carbocycles. The van der Waals surface area contributed by atoms with E-state index in [4.69, 9.17) is 0 Å². The molecule has 0 bridgehead atoms. The van der Waals surface area contributed by atoms with E-state index in [1.165, 1.54) is 32.5 Å². The Labute approximate surface area is 112 Å². The average molecular weight is 255 g/mol. The highest BCUT2D eigenvalue weighted by Crippen LogP contribution is 2.15. The second-order valence-electron chi connectivity index (χ2n) is 5.07. The summed E-state index contributed by atoms with van der Waals surface area (Å²) < 4.78 is 0. The largest absolute Gasteiger partial charge is 0.342 e. The van der Waals surface area contributed by atoms with Gasteiger partial charge in [-0.1, -0.05) is 6.92 Å². The molecule has 1 rings (SSSR count). The summed E-state index contributed by atoms with van der Waals surface area (Å²) in [5.41, 5.74) is 0. The van der Waals surface area contributed by atoms with Crippen molar-refractivity contribution in [1.82, 2.24) is 15.1 Å². The Morgan fingerprint density at radius 3 is 2.33 bits per heavy atom. The Morgan fingerprint density at radius 2 is 1.83 bits per heavy atom. The number of nitrogens with zero attached hydrogens (tertiary/aromatic N) is 2. The molecule has 0 atom stereocenters. The zero-order valence-corrected chi connectivity index (χ0v) is 12.2. The van der Waals surface area contributed by atoms with E-state index in [2.05, 4.69) is 17.1 Å². The summed E-state index contributed by atoms with van der Waals surface area (Å²) in [4.78, 5) is 16.2. The van der Waals surface area contributed by atoms with Crippen LogP contribution in [0.1, 0.15) is 33.6 Å². The van der Waals surface area contributed by atoms with Crippen LogP contribution in [0, 0.1) is 5.92 Å². The van der Waals surface area contributed by atoms with Gasteiger partial charge in [-0.3, -0.25) is 4.79 Å². The maximum atomic E-state index is 11.8. The molecular weight excluding hydrogens is 226 g/mol. The van der Waals surface area contributed by atoms with Gasteiger partial charge in [-0.05, 0) is 58.8 Å². The van der Waals surface area contributed by atoms with Gasteiger partial charge in [-0.15, -0.1) is 0 Å². The molecule has 0 saturated carbocycles. The van der Waals surface area contributed by atoms with Gasteiger partial charge in [0.2, 0.25) is 5.91 Å². The van der Waals surface area contributed by atoms with Crippen LogP contribution in [0.3, 0.4) is 0 Å². The molecule has 4 nitrogen and oxygen atoms in total. The molecule has 0 aromatic heterocycles. The first kappa shape index (κ1) is 15.4. The first-order valence-electron chi connectivity index (χ1n) is 7.42. The van der Waals surface area contributed by atoms with Crippen LogP contribution in [-0.2, 0) is 4.79 Å². The van der Waals surface area contributed by atoms with Crippen LogP contribution in [0.25, 0.3) is 0 Å². The molecule has 0 spiro atoms. The van der Waals surface area contributed by atoms with Crippen molar-refractivity contribution in [1.29, 1.82) is 0 Å². The molecule has 0 aromatic rings. The lowest BCUT2D eigenvalue weighted by molar-refractivity contribution is -0.129. The highest BCUT2D eigenvalue weighted by Gasteiger charge is 2.18. The first-order chi connectivity index (χ1) is 8.71. The lowest BCUT2D eigenvalue weighted by Gasteiger charge is -2.31. The summed E-state index contributed by atoms with van der Waals surface area (Å²) in [6.07, 6.45) is 2.53. The van der Waals surface area contributed by atoms with E-state index in [9.17, 15) is 4.79 Å². The van der Waals surface area contributed by atoms with Gasteiger partial charge in [0.1, 0.15) is 0 Å². The quantitative estimate of drug-likeness (QED) is 0.742. The summed E-state index contributed by atoms with van der Waals surface area (Å²) in [5.74, 6) is 0.975. The molecule has 0 aliphatic carbocycles. The van der Waals surface area contributed by atoms with Crippen molar-refractivity contribution in [3.63, 3.8) is 0 Å². The monoisotopic (exact) mass is 255 g/mol. The molecule has 18 heavy (non-hydrogen) atoms. The smallest absolute Gasteiger partial charge is 0.236 e. The highest BCUT2D eigenvalue weighted by atomic mass is 16.2. The summed E-state index contributed by atoms with van der Waals surface area (Å²) in [6.45, 7) is 13.0. The predicted octanol–water partition coefficient (Wildman–Crippen LogP) is 1.18. The van der Waals surface area contributed by atoms with Crippen molar-refractivity contribution < 1.29 is 4.79 Å². The predicted molar refractivity (Wildman–Crippen MR) is 75.6 cm³/mol. The van der Waals surface area contributed by atoms with E-state index >= 15 is 0 Å². The highest BCUT2D eigenvalue weighted by molar-refractivity contribution is 5.78. The summed E-state index contributed by atoms with van der Waals surface area (Å²) >= 11 is 0. The number of hydrogen-bond acceptors (Lipinski definition) is 3. The zero-order valence-electron chi connectivity index (χ0n) is 12.2. The van der Waals surface area contributed by atoms with Crippen molar-refractivity contribution >= 4 is 5.91 Å². The summed E-state index contributed by atoms with van der Waals surface area (Å²) in [5, 5.41) is 3.33. The topological polar surface area (TPSA) is 35.6 Å². The number of piperidine rings is 1. The van der Waals surface area contributed by atoms with Crippen LogP contribution in [0.4, 0.5) is 0 Å². The van der Waals surface area contributed by atoms with Gasteiger partial charge in [0, 0.05) is 13.1 Å². The van der Waals surface area contributed by atoms with Crippen molar-refractivity contribution in [2.24, 2.45) is 5.92 Å². The van der Waals surface area contributed by atoms with E-state index in [0.29, 0.717) is 6.54 Å². The Hall–Kier alpha value is -0.610. The van der Waals surface area contributed by atoms with Crippen LogP contribution in [0.15, 0.2) is 0 Å². The third-order valence-corrected chi connectivity index (χ3v) is 3.98. The maximum absolute atomic E-state index is 11.8. The van der Waals surface area contributed by atoms with Crippen LogP contribution >= 0.6 is 0 Å². The number of hydrogen-bond donors (Lipinski definition) is 1. The summed E-state index contributed by atoms with van der Waals surface area (Å²) in [7, 11) is 0. The molecule has 1 heterocycles. The van der Waals surface area contributed by atoms with Crippen LogP contribution in [-0.4, -0.2) is 61.5 Å². The third kappa shape index (κ3) is 4.94. The normalized spacial score (nSPS) is 17.9. The fourth-order valence-electron chi connectivity index (χ4n) is 2.58. The van der Waals surface area contributed by atoms with E-state index in [0.717, 1.165) is 25.6 Å². The van der Waals surface area contributed by atoms with E-state index < -0.39 is 0 Å². The van der Waals surface area contributed by atoms with Gasteiger partial charge in [-0.2, -0.15) is 0 Å². The standard InChI is InChI=1S/C14H29N3O/c1-4-16-9-7-13(8-10-16)11-15-12-14(18)17(5-2)6-3/h13,15H,4-12H2,1-3H3. The molecule has 1 aliphatic rings. The second-order valence-corrected chi connectivity index (χ2v) is 5.07. The van der Waals surface area contributed by atoms with E-state index in [1.807, 2.05) is 18.7 Å². The second kappa shape index (κ2) is 8.48. The Balaban J connectivity index is 2.13. The van der Waals surface area contributed by atoms with Gasteiger partial charge in [-0.25, -0.2) is 0 Å². The number of carbonyl (C=O) groups is 1. The van der Waals surface area contributed by atoms with Crippen molar-refractivity contribution in [3.05, 3.63) is 0 Å². The average Bonchev–Trinajstić information content (AvgIpc) is 2.41. The molecule has 0 unspecified atom stereocenters. The molecule has 1 N–H and O–H groups in total. The third-order valence-electron chi connectivity index (χ3n) is 3.98. The fraction of sp³-hybridized carbons (Fsp3) is 0.929. The molecule has 1 fully saturated rings. The van der Waals surface area contributed by atoms with Gasteiger partial charge in [0.05, 0.1) is 6.54 Å². The fourth-order valence-corrected chi connectivity index (χ4v) is 2.58. The minimum atomic E-state index is 0.228. The van der Waals surface area contributed by atoms with Crippen molar-refractivity contribution in [2.45, 2.75) is 33.6 Å². The van der Waals surface area contributed by atoms with Gasteiger partial charge < -0.3 is 15.1 Å². The minimum Gasteiger partial charge on any atom is -0.342 e. The number of likely N-dealkylation sites (N-methyl/N-ethyl adjacent to an activating group) is 1. The van der Waals surface area contributed by atoms with Gasteiger partial charge >= 0.3 is 0 Å². The van der Waals surface area contributed by atoms with E-state index in [-0.39, 0.29) is 5.91 Å². The Morgan fingerprint density at radius 1 is 1.22 bits per heavy atom. The number of carbonyl (C=O) groups excluding carboxylic acids is 1. The van der Waals surface area contributed by atoms with Gasteiger partial charge in [0.25, 0.3) is 0 Å².